The third kappa shape index (κ3) is 3.44. The van der Waals surface area contributed by atoms with Gasteiger partial charge in [-0.15, -0.1) is 0 Å². The van der Waals surface area contributed by atoms with E-state index in [2.05, 4.69) is 26.0 Å². The zero-order valence-electron chi connectivity index (χ0n) is 11.4. The number of halogens is 2. The summed E-state index contributed by atoms with van der Waals surface area (Å²) in [6.07, 6.45) is 0.246. The number of rotatable bonds is 3. The lowest BCUT2D eigenvalue weighted by molar-refractivity contribution is 0.167. The van der Waals surface area contributed by atoms with Gasteiger partial charge in [-0.05, 0) is 34.5 Å². The van der Waals surface area contributed by atoms with Crippen molar-refractivity contribution in [2.45, 2.75) is 12.5 Å². The van der Waals surface area contributed by atoms with Gasteiger partial charge in [-0.1, -0.05) is 12.2 Å². The summed E-state index contributed by atoms with van der Waals surface area (Å²) in [4.78, 5) is 13.2. The monoisotopic (exact) mass is 375 g/mol. The number of methoxy groups -OCH3 is 1. The average Bonchev–Trinajstić information content (AvgIpc) is 2.89. The minimum absolute atomic E-state index is 0.0640. The van der Waals surface area contributed by atoms with Crippen LogP contribution in [0.15, 0.2) is 16.6 Å². The van der Waals surface area contributed by atoms with Crippen molar-refractivity contribution in [1.82, 2.24) is 5.32 Å². The molecule has 8 heteroatoms. The molecule has 3 N–H and O–H groups in total. The fourth-order valence-electron chi connectivity index (χ4n) is 2.30. The van der Waals surface area contributed by atoms with E-state index in [0.29, 0.717) is 24.3 Å². The number of benzene rings is 1. The molecule has 1 aliphatic heterocycles. The van der Waals surface area contributed by atoms with Gasteiger partial charge in [0.25, 0.3) is 0 Å². The van der Waals surface area contributed by atoms with Crippen LogP contribution in [0.25, 0.3) is 0 Å². The third-order valence-electron chi connectivity index (χ3n) is 3.36. The van der Waals surface area contributed by atoms with Crippen molar-refractivity contribution in [3.05, 3.63) is 28.0 Å². The van der Waals surface area contributed by atoms with Crippen molar-refractivity contribution < 1.29 is 13.9 Å². The zero-order chi connectivity index (χ0) is 15.6. The van der Waals surface area contributed by atoms with Crippen LogP contribution in [0.3, 0.4) is 0 Å². The maximum atomic E-state index is 14.4. The second-order valence-electron chi connectivity index (χ2n) is 4.69. The number of carbonyl (C=O) groups is 1. The van der Waals surface area contributed by atoms with Crippen LogP contribution in [-0.4, -0.2) is 37.3 Å². The molecule has 1 fully saturated rings. The Bertz CT molecular complexity index is 585. The molecule has 21 heavy (non-hydrogen) atoms. The third-order valence-corrected chi connectivity index (χ3v) is 4.36. The largest absolute Gasteiger partial charge is 0.453 e. The number of alkyl carbamates (subject to hydrolysis) is 1. The Hall–Kier alpha value is -1.41. The van der Waals surface area contributed by atoms with E-state index < -0.39 is 11.9 Å². The van der Waals surface area contributed by atoms with Crippen LogP contribution >= 0.6 is 28.1 Å². The van der Waals surface area contributed by atoms with Gasteiger partial charge in [0.1, 0.15) is 4.99 Å². The molecule has 1 amide bonds. The predicted molar refractivity (Wildman–Crippen MR) is 86.1 cm³/mol. The quantitative estimate of drug-likeness (QED) is 0.792. The summed E-state index contributed by atoms with van der Waals surface area (Å²) in [6.45, 7) is 1.16. The molecule has 0 saturated carbocycles. The second-order valence-corrected chi connectivity index (χ2v) is 5.92. The number of ether oxygens (including phenoxy) is 1. The Morgan fingerprint density at radius 2 is 2.33 bits per heavy atom. The van der Waals surface area contributed by atoms with Crippen molar-refractivity contribution in [2.24, 2.45) is 5.73 Å². The Morgan fingerprint density at radius 1 is 1.62 bits per heavy atom. The van der Waals surface area contributed by atoms with Crippen molar-refractivity contribution in [1.29, 1.82) is 0 Å². The average molecular weight is 376 g/mol. The second kappa shape index (κ2) is 6.57. The molecule has 1 unspecified atom stereocenters. The van der Waals surface area contributed by atoms with Crippen LogP contribution in [0.5, 0.6) is 0 Å². The number of anilines is 1. The Labute approximate surface area is 135 Å². The molecule has 5 nitrogen and oxygen atoms in total. The van der Waals surface area contributed by atoms with Gasteiger partial charge >= 0.3 is 6.09 Å². The van der Waals surface area contributed by atoms with Gasteiger partial charge in [0.15, 0.2) is 5.82 Å². The molecule has 1 atom stereocenters. The highest BCUT2D eigenvalue weighted by atomic mass is 79.9. The molecule has 0 bridgehead atoms. The zero-order valence-corrected chi connectivity index (χ0v) is 13.8. The molecule has 1 aromatic rings. The molecule has 0 aromatic heterocycles. The lowest BCUT2D eigenvalue weighted by atomic mass is 10.2. The van der Waals surface area contributed by atoms with Crippen molar-refractivity contribution >= 4 is 44.9 Å². The van der Waals surface area contributed by atoms with Crippen LogP contribution in [0.1, 0.15) is 12.0 Å². The molecule has 114 valence electrons. The molecule has 1 saturated heterocycles. The summed E-state index contributed by atoms with van der Waals surface area (Å²) in [6, 6.07) is 3.27. The number of hydrogen-bond acceptors (Lipinski definition) is 4. The molecule has 0 radical (unpaired) electrons. The molecule has 2 rings (SSSR count). The predicted octanol–water partition coefficient (Wildman–Crippen LogP) is 2.16. The molecule has 1 aliphatic rings. The van der Waals surface area contributed by atoms with E-state index in [-0.39, 0.29) is 15.5 Å². The molecular formula is C13H15BrFN3O2S. The van der Waals surface area contributed by atoms with Crippen LogP contribution < -0.4 is 16.0 Å². The fourth-order valence-corrected chi connectivity index (χ4v) is 3.15. The van der Waals surface area contributed by atoms with E-state index in [9.17, 15) is 9.18 Å². The van der Waals surface area contributed by atoms with E-state index in [4.69, 9.17) is 18.0 Å². The fraction of sp³-hybridized carbons (Fsp3) is 0.385. The summed E-state index contributed by atoms with van der Waals surface area (Å²) >= 11 is 8.06. The molecular weight excluding hydrogens is 361 g/mol. The maximum Gasteiger partial charge on any atom is 0.407 e. The number of carbonyl (C=O) groups excluding carboxylic acids is 1. The molecule has 0 spiro atoms. The first-order chi connectivity index (χ1) is 9.93. The number of amides is 1. The highest BCUT2D eigenvalue weighted by molar-refractivity contribution is 9.10. The van der Waals surface area contributed by atoms with Crippen molar-refractivity contribution in [3.8, 4) is 0 Å². The van der Waals surface area contributed by atoms with Crippen molar-refractivity contribution in [2.75, 3.05) is 25.1 Å². The van der Waals surface area contributed by atoms with Gasteiger partial charge in [-0.25, -0.2) is 9.18 Å². The van der Waals surface area contributed by atoms with E-state index >= 15 is 0 Å². The lowest BCUT2D eigenvalue weighted by Crippen LogP contribution is -2.37. The Balaban J connectivity index is 2.15. The highest BCUT2D eigenvalue weighted by Gasteiger charge is 2.27. The van der Waals surface area contributed by atoms with Crippen LogP contribution in [-0.2, 0) is 4.74 Å². The summed E-state index contributed by atoms with van der Waals surface area (Å²) in [5, 5.41) is 2.71. The molecule has 0 aliphatic carbocycles. The van der Waals surface area contributed by atoms with Gasteiger partial charge < -0.3 is 20.7 Å². The summed E-state index contributed by atoms with van der Waals surface area (Å²) in [5.74, 6) is -0.404. The van der Waals surface area contributed by atoms with E-state index in [1.165, 1.54) is 7.11 Å². The number of hydrogen-bond donors (Lipinski definition) is 2. The highest BCUT2D eigenvalue weighted by Crippen LogP contribution is 2.31. The standard InChI is InChI=1S/C13H15BrFN3O2S/c1-20-13(19)17-7-4-5-18(6-7)9-3-2-8(12(16)21)10(14)11(9)15/h2-3,7H,4-6H2,1H3,(H2,16,21)(H,17,19). The topological polar surface area (TPSA) is 67.6 Å². The smallest absolute Gasteiger partial charge is 0.407 e. The Kier molecular flexibility index (Phi) is 5.00. The summed E-state index contributed by atoms with van der Waals surface area (Å²) < 4.78 is 19.2. The SMILES string of the molecule is COC(=O)NC1CCN(c2ccc(C(N)=S)c(Br)c2F)C1. The summed E-state index contributed by atoms with van der Waals surface area (Å²) in [7, 11) is 1.31. The van der Waals surface area contributed by atoms with Gasteiger partial charge in [0.05, 0.1) is 23.3 Å². The van der Waals surface area contributed by atoms with Crippen LogP contribution in [0.4, 0.5) is 14.9 Å². The van der Waals surface area contributed by atoms with E-state index in [1.54, 1.807) is 12.1 Å². The molecule has 1 heterocycles. The van der Waals surface area contributed by atoms with Gasteiger partial charge in [0.2, 0.25) is 0 Å². The number of nitrogens with zero attached hydrogens (tertiary/aromatic N) is 1. The van der Waals surface area contributed by atoms with E-state index in [0.717, 1.165) is 6.42 Å². The first-order valence-electron chi connectivity index (χ1n) is 6.31. The minimum Gasteiger partial charge on any atom is -0.453 e. The first-order valence-corrected chi connectivity index (χ1v) is 7.51. The number of thiocarbonyl (C=S) groups is 1. The number of nitrogens with two attached hydrogens (primary N) is 1. The van der Waals surface area contributed by atoms with Crippen LogP contribution in [0.2, 0.25) is 0 Å². The van der Waals surface area contributed by atoms with Gasteiger partial charge in [0, 0.05) is 18.7 Å². The lowest BCUT2D eigenvalue weighted by Gasteiger charge is -2.21. The van der Waals surface area contributed by atoms with E-state index in [1.807, 2.05) is 4.90 Å². The maximum absolute atomic E-state index is 14.4. The first kappa shape index (κ1) is 16.0. The van der Waals surface area contributed by atoms with Gasteiger partial charge in [-0.3, -0.25) is 0 Å². The van der Waals surface area contributed by atoms with Crippen molar-refractivity contribution in [3.63, 3.8) is 0 Å². The normalized spacial score (nSPS) is 17.7. The Morgan fingerprint density at radius 3 is 2.95 bits per heavy atom. The molecule has 1 aromatic carbocycles. The van der Waals surface area contributed by atoms with Crippen LogP contribution in [0, 0.1) is 5.82 Å². The minimum atomic E-state index is -0.479. The van der Waals surface area contributed by atoms with Gasteiger partial charge in [-0.2, -0.15) is 0 Å². The summed E-state index contributed by atoms with van der Waals surface area (Å²) in [5.41, 5.74) is 6.46. The number of nitrogens with one attached hydrogen (secondary N) is 1.